The van der Waals surface area contributed by atoms with E-state index in [4.69, 9.17) is 5.11 Å². The molecule has 0 aliphatic carbocycles. The normalized spacial score (nSPS) is 19.0. The lowest BCUT2D eigenvalue weighted by Gasteiger charge is -2.15. The van der Waals surface area contributed by atoms with Crippen LogP contribution in [0.3, 0.4) is 0 Å². The topological polar surface area (TPSA) is 70.0 Å². The molecular weight excluding hydrogens is 288 g/mol. The number of hydrogen-bond acceptors (Lipinski definition) is 4. The molecule has 1 rings (SSSR count). The highest BCUT2D eigenvalue weighted by molar-refractivity contribution is 8.18. The van der Waals surface area contributed by atoms with Gasteiger partial charge < -0.3 is 5.11 Å². The Balaban J connectivity index is 2.75. The number of carboxylic acids is 1. The summed E-state index contributed by atoms with van der Waals surface area (Å²) < 4.78 is 0. The summed E-state index contributed by atoms with van der Waals surface area (Å²) in [5, 5.41) is 9.48. The average Bonchev–Trinajstić information content (AvgIpc) is 2.72. The lowest BCUT2D eigenvalue weighted by molar-refractivity contribution is -0.132. The van der Waals surface area contributed by atoms with Gasteiger partial charge in [-0.15, -0.1) is 0 Å². The lowest BCUT2D eigenvalue weighted by Crippen LogP contribution is -2.30. The van der Waals surface area contributed by atoms with Crippen LogP contribution in [0.5, 0.6) is 0 Å². The predicted octanol–water partition coefficient (Wildman–Crippen LogP) is 3.27. The second-order valence-corrected chi connectivity index (χ2v) is 5.99. The largest absolute Gasteiger partial charge is 0.478 e. The van der Waals surface area contributed by atoms with Gasteiger partial charge >= 0.3 is 5.97 Å². The van der Waals surface area contributed by atoms with Crippen molar-refractivity contribution in [3.05, 3.63) is 11.0 Å². The van der Waals surface area contributed by atoms with Crippen LogP contribution >= 0.6 is 11.8 Å². The van der Waals surface area contributed by atoms with Crippen LogP contribution in [0, 0.1) is 0 Å². The van der Waals surface area contributed by atoms with Crippen molar-refractivity contribution in [2.75, 3.05) is 13.1 Å². The smallest absolute Gasteiger partial charge is 0.329 e. The molecule has 21 heavy (non-hydrogen) atoms. The van der Waals surface area contributed by atoms with E-state index in [1.54, 1.807) is 4.90 Å². The van der Waals surface area contributed by atoms with Crippen molar-refractivity contribution in [1.29, 1.82) is 0 Å². The van der Waals surface area contributed by atoms with Gasteiger partial charge in [0, 0.05) is 19.2 Å². The predicted molar refractivity (Wildman–Crippen MR) is 86.4 cm³/mol. The molecule has 1 amide bonds. The van der Waals surface area contributed by atoms with E-state index in [9.17, 15) is 9.59 Å². The van der Waals surface area contributed by atoms with Crippen molar-refractivity contribution < 1.29 is 14.7 Å². The number of thioether (sulfide) groups is 1. The second-order valence-electron chi connectivity index (χ2n) is 4.98. The first-order valence-corrected chi connectivity index (χ1v) is 8.40. The molecule has 0 atom stereocenters. The molecule has 0 bridgehead atoms. The van der Waals surface area contributed by atoms with Crippen LogP contribution in [0.2, 0.25) is 0 Å². The second kappa shape index (κ2) is 9.60. The molecule has 1 saturated heterocycles. The lowest BCUT2D eigenvalue weighted by atomic mass is 10.2. The Bertz CT molecular complexity index is 433. The van der Waals surface area contributed by atoms with Crippen molar-refractivity contribution in [3.8, 4) is 0 Å². The van der Waals surface area contributed by atoms with Crippen LogP contribution in [0.15, 0.2) is 16.0 Å². The maximum atomic E-state index is 12.2. The summed E-state index contributed by atoms with van der Waals surface area (Å²) in [4.78, 5) is 29.4. The first kappa shape index (κ1) is 17.8. The molecule has 1 fully saturated rings. The van der Waals surface area contributed by atoms with E-state index in [-0.39, 0.29) is 10.8 Å². The number of unbranched alkanes of at least 4 members (excludes halogenated alkanes) is 4. The number of nitrogens with zero attached hydrogens (tertiary/aromatic N) is 2. The molecule has 0 aromatic carbocycles. The third-order valence-corrected chi connectivity index (χ3v) is 4.18. The van der Waals surface area contributed by atoms with Gasteiger partial charge in [-0.1, -0.05) is 39.5 Å². The van der Waals surface area contributed by atoms with Crippen LogP contribution < -0.4 is 0 Å². The summed E-state index contributed by atoms with van der Waals surface area (Å²) >= 11 is 1.18. The number of amidine groups is 1. The minimum Gasteiger partial charge on any atom is -0.478 e. The average molecular weight is 312 g/mol. The highest BCUT2D eigenvalue weighted by Crippen LogP contribution is 2.31. The molecule has 1 aliphatic heterocycles. The van der Waals surface area contributed by atoms with Gasteiger partial charge in [-0.3, -0.25) is 14.7 Å². The summed E-state index contributed by atoms with van der Waals surface area (Å²) in [6.45, 7) is 5.54. The van der Waals surface area contributed by atoms with E-state index < -0.39 is 5.97 Å². The molecule has 0 aromatic rings. The first-order valence-electron chi connectivity index (χ1n) is 7.58. The van der Waals surface area contributed by atoms with Gasteiger partial charge in [0.1, 0.15) is 0 Å². The van der Waals surface area contributed by atoms with Crippen molar-refractivity contribution >= 4 is 28.8 Å². The Morgan fingerprint density at radius 1 is 1.24 bits per heavy atom. The fraction of sp³-hybridized carbons (Fsp3) is 0.667. The van der Waals surface area contributed by atoms with E-state index in [0.29, 0.717) is 18.3 Å². The number of carboxylic acid groups (broad SMARTS) is 1. The Hall–Kier alpha value is -1.30. The molecule has 5 nitrogen and oxygen atoms in total. The Morgan fingerprint density at radius 2 is 1.90 bits per heavy atom. The van der Waals surface area contributed by atoms with Gasteiger partial charge in [0.2, 0.25) is 0 Å². The monoisotopic (exact) mass is 312 g/mol. The molecule has 118 valence electrons. The fourth-order valence-corrected chi connectivity index (χ4v) is 2.99. The van der Waals surface area contributed by atoms with Crippen LogP contribution in [0.25, 0.3) is 0 Å². The van der Waals surface area contributed by atoms with Crippen molar-refractivity contribution in [2.45, 2.75) is 52.4 Å². The number of aliphatic imine (C=N–C) groups is 1. The first-order chi connectivity index (χ1) is 10.1. The maximum Gasteiger partial charge on any atom is 0.329 e. The minimum atomic E-state index is -1.09. The van der Waals surface area contributed by atoms with E-state index in [0.717, 1.165) is 44.6 Å². The summed E-state index contributed by atoms with van der Waals surface area (Å²) in [5.74, 6) is -1.32. The van der Waals surface area contributed by atoms with Gasteiger partial charge in [-0.2, -0.15) is 0 Å². The summed E-state index contributed by atoms with van der Waals surface area (Å²) in [7, 11) is 0. The van der Waals surface area contributed by atoms with E-state index >= 15 is 0 Å². The number of carbonyl (C=O) groups is 2. The molecule has 0 aromatic heterocycles. The SMILES string of the molecule is CCCCCN=C1S/C(=C\C(=O)O)C(=O)N1CCCCC. The zero-order chi connectivity index (χ0) is 15.7. The molecule has 1 N–H and O–H groups in total. The highest BCUT2D eigenvalue weighted by atomic mass is 32.2. The van der Waals surface area contributed by atoms with Gasteiger partial charge in [0.25, 0.3) is 5.91 Å². The van der Waals surface area contributed by atoms with Gasteiger partial charge in [-0.05, 0) is 24.6 Å². The number of aliphatic carboxylic acids is 1. The maximum absolute atomic E-state index is 12.2. The molecule has 0 radical (unpaired) electrons. The van der Waals surface area contributed by atoms with Gasteiger partial charge in [0.05, 0.1) is 4.91 Å². The number of hydrogen-bond donors (Lipinski definition) is 1. The Labute approximate surface area is 130 Å². The van der Waals surface area contributed by atoms with Gasteiger partial charge in [-0.25, -0.2) is 4.79 Å². The van der Waals surface area contributed by atoms with Crippen LogP contribution in [0.1, 0.15) is 52.4 Å². The van der Waals surface area contributed by atoms with E-state index in [2.05, 4.69) is 18.8 Å². The summed E-state index contributed by atoms with van der Waals surface area (Å²) in [6, 6.07) is 0. The zero-order valence-electron chi connectivity index (χ0n) is 12.8. The van der Waals surface area contributed by atoms with Crippen LogP contribution in [0.4, 0.5) is 0 Å². The van der Waals surface area contributed by atoms with Crippen molar-refractivity contribution in [1.82, 2.24) is 4.90 Å². The van der Waals surface area contributed by atoms with Crippen molar-refractivity contribution in [2.24, 2.45) is 4.99 Å². The molecule has 0 unspecified atom stereocenters. The molecule has 0 saturated carbocycles. The number of rotatable bonds is 9. The number of amides is 1. The minimum absolute atomic E-state index is 0.229. The Morgan fingerprint density at radius 3 is 2.52 bits per heavy atom. The standard InChI is InChI=1S/C15H24N2O3S/c1-3-5-7-9-16-15-17(10-8-6-4-2)14(20)12(21-15)11-13(18)19/h11H,3-10H2,1-2H3,(H,18,19)/b12-11-,16-15?. The van der Waals surface area contributed by atoms with Crippen LogP contribution in [-0.4, -0.2) is 40.1 Å². The number of carbonyl (C=O) groups excluding carboxylic acids is 1. The van der Waals surface area contributed by atoms with Gasteiger partial charge in [0.15, 0.2) is 5.17 Å². The highest BCUT2D eigenvalue weighted by Gasteiger charge is 2.33. The molecule has 0 spiro atoms. The zero-order valence-corrected chi connectivity index (χ0v) is 13.6. The molecule has 1 heterocycles. The fourth-order valence-electron chi connectivity index (χ4n) is 1.99. The summed E-state index contributed by atoms with van der Waals surface area (Å²) in [6.07, 6.45) is 7.26. The quantitative estimate of drug-likeness (QED) is 0.524. The van der Waals surface area contributed by atoms with Crippen LogP contribution in [-0.2, 0) is 9.59 Å². The summed E-state index contributed by atoms with van der Waals surface area (Å²) in [5.41, 5.74) is 0. The Kier molecular flexibility index (Phi) is 8.12. The molecule has 1 aliphatic rings. The third kappa shape index (κ3) is 5.91. The molecule has 6 heteroatoms. The third-order valence-electron chi connectivity index (χ3n) is 3.14. The van der Waals surface area contributed by atoms with E-state index in [1.807, 2.05) is 0 Å². The van der Waals surface area contributed by atoms with E-state index in [1.165, 1.54) is 11.8 Å². The van der Waals surface area contributed by atoms with Crippen molar-refractivity contribution in [3.63, 3.8) is 0 Å². The molecular formula is C15H24N2O3S.